The highest BCUT2D eigenvalue weighted by Gasteiger charge is 2.74. The fourth-order valence-electron chi connectivity index (χ4n) is 5.70. The lowest BCUT2D eigenvalue weighted by molar-refractivity contribution is -0.232. The third-order valence-corrected chi connectivity index (χ3v) is 8.15. The van der Waals surface area contributed by atoms with Crippen molar-refractivity contribution in [3.8, 4) is 0 Å². The van der Waals surface area contributed by atoms with Gasteiger partial charge in [-0.05, 0) is 25.0 Å². The second-order valence-corrected chi connectivity index (χ2v) is 10.5. The molecule has 8 N–H and O–H groups in total. The normalized spacial score (nSPS) is 32.1. The van der Waals surface area contributed by atoms with E-state index in [1.165, 1.54) is 9.80 Å². The second kappa shape index (κ2) is 8.30. The van der Waals surface area contributed by atoms with E-state index in [4.69, 9.17) is 11.5 Å². The summed E-state index contributed by atoms with van der Waals surface area (Å²) in [6.45, 7) is 1.40. The van der Waals surface area contributed by atoms with Crippen LogP contribution < -0.4 is 27.0 Å². The predicted octanol–water partition coefficient (Wildman–Crippen LogP) is -1.95. The van der Waals surface area contributed by atoms with Gasteiger partial charge in [0.05, 0.1) is 12.6 Å². The van der Waals surface area contributed by atoms with E-state index >= 15 is 0 Å². The molecular weight excluding hydrogens is 494 g/mol. The molecule has 14 heteroatoms. The number of nitrogens with one attached hydrogen (secondary N) is 2. The first-order valence-electron chi connectivity index (χ1n) is 12.1. The highest BCUT2D eigenvalue weighted by atomic mass is 16.5. The zero-order chi connectivity index (χ0) is 26.3. The van der Waals surface area contributed by atoms with E-state index in [9.17, 15) is 24.6 Å². The van der Waals surface area contributed by atoms with Crippen molar-refractivity contribution in [2.24, 2.45) is 26.9 Å². The number of amides is 4. The Kier molecular flexibility index (Phi) is 5.62. The van der Waals surface area contributed by atoms with Crippen molar-refractivity contribution in [3.63, 3.8) is 0 Å². The van der Waals surface area contributed by atoms with Gasteiger partial charge < -0.3 is 37.2 Å². The Bertz CT molecular complexity index is 1250. The minimum Gasteiger partial charge on any atom is -0.370 e. The SMILES string of the molecule is C.CC1(C(=O)N[C@H]2CN3C(N)=N[C@@H](CN4C(=O)CN(c5ccccc5)C4=O)[C@@H]4N=C(N)N[C@@]43C2(O)O)CC1. The molecule has 4 aliphatic heterocycles. The third-order valence-electron chi connectivity index (χ3n) is 8.15. The van der Waals surface area contributed by atoms with Crippen LogP contribution in [0.25, 0.3) is 0 Å². The Morgan fingerprint density at radius 1 is 1.18 bits per heavy atom. The first kappa shape index (κ1) is 25.7. The molecule has 6 rings (SSSR count). The summed E-state index contributed by atoms with van der Waals surface area (Å²) in [5.41, 5.74) is 10.6. The van der Waals surface area contributed by atoms with Crippen LogP contribution in [0.4, 0.5) is 10.5 Å². The van der Waals surface area contributed by atoms with E-state index in [0.29, 0.717) is 18.5 Å². The molecule has 1 aromatic carbocycles. The number of nitrogens with two attached hydrogens (primary N) is 2. The number of benzene rings is 1. The minimum atomic E-state index is -2.57. The maximum Gasteiger partial charge on any atom is 0.331 e. The lowest BCUT2D eigenvalue weighted by atomic mass is 9.84. The number of rotatable bonds is 5. The Balaban J connectivity index is 0.00000294. The molecule has 2 saturated heterocycles. The average Bonchev–Trinajstić information content (AvgIpc) is 3.33. The van der Waals surface area contributed by atoms with Crippen molar-refractivity contribution in [2.75, 3.05) is 24.5 Å². The van der Waals surface area contributed by atoms with Gasteiger partial charge in [-0.2, -0.15) is 0 Å². The number of aliphatic imine (C=N–C) groups is 2. The number of carbonyl (C=O) groups excluding carboxylic acids is 3. The van der Waals surface area contributed by atoms with Crippen molar-refractivity contribution >= 4 is 35.5 Å². The molecule has 3 fully saturated rings. The van der Waals surface area contributed by atoms with Crippen LogP contribution in [-0.2, 0) is 9.59 Å². The van der Waals surface area contributed by atoms with E-state index in [1.54, 1.807) is 24.3 Å². The van der Waals surface area contributed by atoms with Gasteiger partial charge in [0, 0.05) is 17.6 Å². The molecule has 4 heterocycles. The number of nitrogens with zero attached hydrogens (tertiary/aromatic N) is 5. The lowest BCUT2D eigenvalue weighted by Crippen LogP contribution is -2.78. The van der Waals surface area contributed by atoms with Gasteiger partial charge in [-0.3, -0.25) is 19.4 Å². The van der Waals surface area contributed by atoms with Gasteiger partial charge in [-0.25, -0.2) is 14.8 Å². The molecule has 0 bridgehead atoms. The zero-order valence-corrected chi connectivity index (χ0v) is 20.2. The van der Waals surface area contributed by atoms with Crippen LogP contribution in [-0.4, -0.2) is 99.0 Å². The Morgan fingerprint density at radius 3 is 2.53 bits per heavy atom. The van der Waals surface area contributed by atoms with E-state index in [-0.39, 0.29) is 44.9 Å². The molecule has 204 valence electrons. The van der Waals surface area contributed by atoms with Crippen LogP contribution >= 0.6 is 0 Å². The summed E-state index contributed by atoms with van der Waals surface area (Å²) < 4.78 is 0. The number of guanidine groups is 2. The zero-order valence-electron chi connectivity index (χ0n) is 20.2. The van der Waals surface area contributed by atoms with Crippen molar-refractivity contribution in [1.29, 1.82) is 0 Å². The highest BCUT2D eigenvalue weighted by molar-refractivity contribution is 6.12. The molecular formula is C24H33N9O5. The third kappa shape index (κ3) is 3.43. The quantitative estimate of drug-likeness (QED) is 0.186. The van der Waals surface area contributed by atoms with Gasteiger partial charge in [0.2, 0.25) is 11.7 Å². The number of para-hydroxylation sites is 1. The molecule has 14 nitrogen and oxygen atoms in total. The summed E-state index contributed by atoms with van der Waals surface area (Å²) in [5, 5.41) is 28.6. The lowest BCUT2D eigenvalue weighted by Gasteiger charge is -2.49. The number of carbonyl (C=O) groups is 3. The molecule has 0 unspecified atom stereocenters. The van der Waals surface area contributed by atoms with Gasteiger partial charge >= 0.3 is 6.03 Å². The molecule has 1 aliphatic carbocycles. The maximum atomic E-state index is 13.2. The molecule has 38 heavy (non-hydrogen) atoms. The predicted molar refractivity (Wildman–Crippen MR) is 137 cm³/mol. The number of hydrogen-bond acceptors (Lipinski definition) is 11. The van der Waals surface area contributed by atoms with E-state index in [2.05, 4.69) is 20.6 Å². The Hall–Kier alpha value is -3.91. The summed E-state index contributed by atoms with van der Waals surface area (Å²) in [4.78, 5) is 51.5. The molecule has 5 aliphatic rings. The Morgan fingerprint density at radius 2 is 1.87 bits per heavy atom. The first-order chi connectivity index (χ1) is 17.5. The van der Waals surface area contributed by atoms with Gasteiger partial charge in [-0.15, -0.1) is 0 Å². The van der Waals surface area contributed by atoms with Crippen molar-refractivity contribution in [1.82, 2.24) is 20.4 Å². The van der Waals surface area contributed by atoms with E-state index in [1.807, 2.05) is 13.0 Å². The van der Waals surface area contributed by atoms with Crippen LogP contribution in [0.15, 0.2) is 40.3 Å². The standard InChI is InChI=1S/C23H29N9O5.CH4/c1-21(7-8-21)17(34)27-14-10-32-19(25)26-13(16-22(32,23(14,36)37)29-18(24)28-16)9-31-15(33)11-30(20(31)35)12-5-3-2-4-6-12;/h2-6,13-14,16,36-37H,7-11H2,1H3,(H2,25,26)(H,27,34)(H3,24,28,29);1H4/t13-,14-,16-,22-;/m0./s1. The van der Waals surface area contributed by atoms with E-state index in [0.717, 1.165) is 4.90 Å². The smallest absolute Gasteiger partial charge is 0.331 e. The average molecular weight is 528 g/mol. The summed E-state index contributed by atoms with van der Waals surface area (Å²) in [7, 11) is 0. The topological polar surface area (TPSA) is 202 Å². The number of aliphatic hydroxyl groups is 2. The summed E-state index contributed by atoms with van der Waals surface area (Å²) in [6.07, 6.45) is 1.43. The fourth-order valence-corrected chi connectivity index (χ4v) is 5.70. The van der Waals surface area contributed by atoms with Crippen LogP contribution in [0.5, 0.6) is 0 Å². The highest BCUT2D eigenvalue weighted by Crippen LogP contribution is 2.48. The maximum absolute atomic E-state index is 13.2. The van der Waals surface area contributed by atoms with Crippen molar-refractivity contribution in [2.45, 2.75) is 56.8 Å². The molecule has 4 atom stereocenters. The van der Waals surface area contributed by atoms with Gasteiger partial charge in [-0.1, -0.05) is 32.5 Å². The van der Waals surface area contributed by atoms with Crippen molar-refractivity contribution < 1.29 is 24.6 Å². The molecule has 4 amide bonds. The van der Waals surface area contributed by atoms with Crippen LogP contribution in [0, 0.1) is 5.41 Å². The van der Waals surface area contributed by atoms with Crippen LogP contribution in [0.1, 0.15) is 27.2 Å². The first-order valence-corrected chi connectivity index (χ1v) is 12.1. The molecule has 1 spiro atoms. The molecule has 1 saturated carbocycles. The largest absolute Gasteiger partial charge is 0.370 e. The van der Waals surface area contributed by atoms with Gasteiger partial charge in [0.1, 0.15) is 18.6 Å². The number of urea groups is 1. The van der Waals surface area contributed by atoms with Gasteiger partial charge in [0.25, 0.3) is 5.91 Å². The minimum absolute atomic E-state index is 0. The summed E-state index contributed by atoms with van der Waals surface area (Å²) in [5.74, 6) is -3.43. The molecule has 1 aromatic rings. The fraction of sp³-hybridized carbons (Fsp3) is 0.542. The van der Waals surface area contributed by atoms with Crippen LogP contribution in [0.3, 0.4) is 0 Å². The van der Waals surface area contributed by atoms with Crippen molar-refractivity contribution in [3.05, 3.63) is 30.3 Å². The number of hydrogen-bond donors (Lipinski definition) is 6. The number of imide groups is 1. The molecule has 0 radical (unpaired) electrons. The number of anilines is 1. The Labute approximate surface area is 219 Å². The second-order valence-electron chi connectivity index (χ2n) is 10.5. The summed E-state index contributed by atoms with van der Waals surface area (Å²) >= 11 is 0. The molecule has 0 aromatic heterocycles. The van der Waals surface area contributed by atoms with E-state index < -0.39 is 46.9 Å². The van der Waals surface area contributed by atoms with Crippen LogP contribution in [0.2, 0.25) is 0 Å². The van der Waals surface area contributed by atoms with Gasteiger partial charge in [0.15, 0.2) is 17.6 Å². The monoisotopic (exact) mass is 527 g/mol. The summed E-state index contributed by atoms with van der Waals surface area (Å²) in [6, 6.07) is 5.17.